The standard InChI is InChI=1S/C23H30FN4O8P.ClH/c1-15(22(29)34-16-8-4-2-5-9-16)27-37(31,36-17-10-6-3-7-11-17)33-14-20-32-13-19(35-20)28-12-18(24)21(25)26-23(28)30;/h3,6-7,10-12,15-16,19-20H,2,4-5,8-9,13-14H2,1H3,(H3,25,26,27,30,31);1H/t15-,19-,20-,37-;/m0./s1. The Morgan fingerprint density at radius 2 is 2.00 bits per heavy atom. The minimum Gasteiger partial charge on any atom is -1.00 e. The second-order valence-electron chi connectivity index (χ2n) is 8.83. The van der Waals surface area contributed by atoms with E-state index in [4.69, 9.17) is 29.0 Å². The fraction of sp³-hybridized carbons (Fsp3) is 0.522. The number of esters is 1. The molecule has 12 nitrogen and oxygen atoms in total. The number of hydrogen-bond donors (Lipinski definition) is 3. The first-order chi connectivity index (χ1) is 17.7. The van der Waals surface area contributed by atoms with Crippen LogP contribution in [0.5, 0.6) is 5.75 Å². The van der Waals surface area contributed by atoms with E-state index < -0.39 is 49.6 Å². The fourth-order valence-corrected chi connectivity index (χ4v) is 5.47. The number of benzene rings is 1. The van der Waals surface area contributed by atoms with Gasteiger partial charge in [-0.1, -0.05) is 24.6 Å². The Morgan fingerprint density at radius 1 is 1.29 bits per heavy atom. The number of ether oxygens (including phenoxy) is 3. The van der Waals surface area contributed by atoms with Crippen molar-refractivity contribution < 1.29 is 54.0 Å². The Balaban J connectivity index is 0.00000400. The van der Waals surface area contributed by atoms with Crippen LogP contribution in [0.25, 0.3) is 0 Å². The van der Waals surface area contributed by atoms with Gasteiger partial charge in [-0.2, -0.15) is 23.8 Å². The van der Waals surface area contributed by atoms with Gasteiger partial charge in [-0.3, -0.25) is 9.32 Å². The van der Waals surface area contributed by atoms with Crippen LogP contribution in [0.1, 0.15) is 45.3 Å². The van der Waals surface area contributed by atoms with Gasteiger partial charge in [0.15, 0.2) is 6.29 Å². The van der Waals surface area contributed by atoms with Gasteiger partial charge in [-0.05, 0) is 44.7 Å². The zero-order valence-corrected chi connectivity index (χ0v) is 22.4. The van der Waals surface area contributed by atoms with Crippen molar-refractivity contribution in [2.45, 2.75) is 63.7 Å². The number of rotatable bonds is 10. The third kappa shape index (κ3) is 7.98. The van der Waals surface area contributed by atoms with Crippen LogP contribution in [0.3, 0.4) is 0 Å². The van der Waals surface area contributed by atoms with Gasteiger partial charge in [0.25, 0.3) is 0 Å². The highest BCUT2D eigenvalue weighted by Crippen LogP contribution is 2.45. The Hall–Kier alpha value is -2.54. The number of halogens is 2. The molecule has 1 aliphatic carbocycles. The lowest BCUT2D eigenvalue weighted by Crippen LogP contribution is -3.00. The zero-order valence-electron chi connectivity index (χ0n) is 20.7. The molecule has 4 atom stereocenters. The molecule has 38 heavy (non-hydrogen) atoms. The lowest BCUT2D eigenvalue weighted by atomic mass is 9.98. The lowest BCUT2D eigenvalue weighted by molar-refractivity contribution is -0.772. The summed E-state index contributed by atoms with van der Waals surface area (Å²) in [6.45, 7) is 1.02. The highest BCUT2D eigenvalue weighted by atomic mass is 35.5. The zero-order chi connectivity index (χ0) is 26.4. The summed E-state index contributed by atoms with van der Waals surface area (Å²) in [5.41, 5.74) is 4.67. The molecular weight excluding hydrogens is 546 g/mol. The van der Waals surface area contributed by atoms with Gasteiger partial charge < -0.3 is 36.9 Å². The molecule has 2 aromatic rings. The summed E-state index contributed by atoms with van der Waals surface area (Å²) in [6.07, 6.45) is 3.39. The first kappa shape index (κ1) is 30.0. The van der Waals surface area contributed by atoms with Gasteiger partial charge >= 0.3 is 19.4 Å². The second-order valence-corrected chi connectivity index (χ2v) is 10.5. The van der Waals surface area contributed by atoms with Crippen molar-refractivity contribution in [3.8, 4) is 5.75 Å². The van der Waals surface area contributed by atoms with Crippen LogP contribution in [-0.4, -0.2) is 42.6 Å². The summed E-state index contributed by atoms with van der Waals surface area (Å²) in [4.78, 5) is 26.9. The maximum atomic E-state index is 13.8. The number of nitrogens with zero attached hydrogens (tertiary/aromatic N) is 1. The smallest absolute Gasteiger partial charge is 0.499 e. The van der Waals surface area contributed by atoms with Crippen molar-refractivity contribution in [2.24, 2.45) is 0 Å². The number of anilines is 1. The van der Waals surface area contributed by atoms with E-state index in [-0.39, 0.29) is 37.5 Å². The summed E-state index contributed by atoms with van der Waals surface area (Å²) in [6, 6.07) is 7.31. The maximum Gasteiger partial charge on any atom is 0.499 e. The van der Waals surface area contributed by atoms with Crippen molar-refractivity contribution in [2.75, 3.05) is 18.9 Å². The minimum absolute atomic E-state index is 0. The van der Waals surface area contributed by atoms with E-state index in [9.17, 15) is 18.5 Å². The largest absolute Gasteiger partial charge is 1.00 e. The summed E-state index contributed by atoms with van der Waals surface area (Å²) < 4.78 is 56.2. The molecular formula is C23H31ClFN4O8P. The number of nitrogens with one attached hydrogen (secondary N) is 2. The SMILES string of the molecule is C[C@H](N[P@](=O)(OC[C@H]1OC[C@@H]([n+]2cc(F)c(N)[nH]c2=O)O1)Oc1ccccc1)C(=O)OC1CCCCC1.[Cl-]. The molecule has 0 amide bonds. The highest BCUT2D eigenvalue weighted by molar-refractivity contribution is 7.52. The van der Waals surface area contributed by atoms with Crippen LogP contribution < -0.4 is 38.0 Å². The monoisotopic (exact) mass is 576 g/mol. The molecule has 2 fully saturated rings. The van der Waals surface area contributed by atoms with Gasteiger partial charge in [0.2, 0.25) is 17.9 Å². The predicted octanol–water partition coefficient (Wildman–Crippen LogP) is -0.683. The van der Waals surface area contributed by atoms with Crippen molar-refractivity contribution >= 4 is 19.5 Å². The molecule has 0 unspecified atom stereocenters. The molecule has 210 valence electrons. The number of nitrogen functional groups attached to an aromatic ring is 1. The normalized spacial score (nSPS) is 22.2. The van der Waals surface area contributed by atoms with Gasteiger partial charge in [-0.15, -0.1) is 0 Å². The molecule has 1 aliphatic heterocycles. The topological polar surface area (TPSA) is 155 Å². The number of hydrogen-bond acceptors (Lipinski definition) is 9. The Bertz CT molecular complexity index is 1180. The van der Waals surface area contributed by atoms with Gasteiger partial charge in [0.1, 0.15) is 37.3 Å². The number of para-hydroxylation sites is 1. The highest BCUT2D eigenvalue weighted by Gasteiger charge is 2.38. The van der Waals surface area contributed by atoms with E-state index in [0.717, 1.165) is 42.9 Å². The van der Waals surface area contributed by atoms with Gasteiger partial charge in [0.05, 0.1) is 0 Å². The third-order valence-corrected chi connectivity index (χ3v) is 7.56. The molecule has 1 saturated heterocycles. The van der Waals surface area contributed by atoms with Crippen LogP contribution in [0, 0.1) is 5.82 Å². The van der Waals surface area contributed by atoms with E-state index in [1.807, 2.05) is 0 Å². The van der Waals surface area contributed by atoms with Crippen molar-refractivity contribution in [3.05, 3.63) is 52.8 Å². The number of nitrogens with two attached hydrogens (primary N) is 1. The van der Waals surface area contributed by atoms with E-state index >= 15 is 0 Å². The van der Waals surface area contributed by atoms with Gasteiger partial charge in [-0.25, -0.2) is 4.57 Å². The maximum absolute atomic E-state index is 13.8. The first-order valence-electron chi connectivity index (χ1n) is 12.1. The Morgan fingerprint density at radius 3 is 2.71 bits per heavy atom. The summed E-state index contributed by atoms with van der Waals surface area (Å²) >= 11 is 0. The predicted molar refractivity (Wildman–Crippen MR) is 128 cm³/mol. The number of aromatic nitrogens is 2. The van der Waals surface area contributed by atoms with Crippen molar-refractivity contribution in [3.63, 3.8) is 0 Å². The number of aromatic amines is 1. The molecule has 0 spiro atoms. The van der Waals surface area contributed by atoms with Crippen LogP contribution in [-0.2, 0) is 28.1 Å². The van der Waals surface area contributed by atoms with E-state index in [1.54, 1.807) is 30.3 Å². The van der Waals surface area contributed by atoms with Crippen molar-refractivity contribution in [1.82, 2.24) is 10.1 Å². The van der Waals surface area contributed by atoms with Crippen LogP contribution in [0.2, 0.25) is 0 Å². The van der Waals surface area contributed by atoms with Crippen LogP contribution in [0.15, 0.2) is 41.3 Å². The molecule has 1 aromatic carbocycles. The average Bonchev–Trinajstić information content (AvgIpc) is 3.35. The Kier molecular flexibility index (Phi) is 10.7. The number of carbonyl (C=O) groups excluding carboxylic acids is 1. The fourth-order valence-electron chi connectivity index (χ4n) is 3.99. The van der Waals surface area contributed by atoms with Crippen LogP contribution in [0.4, 0.5) is 10.2 Å². The summed E-state index contributed by atoms with van der Waals surface area (Å²) in [7, 11) is -4.13. The molecule has 1 saturated carbocycles. The molecule has 4 N–H and O–H groups in total. The number of carbonyl (C=O) groups is 1. The minimum atomic E-state index is -4.13. The molecule has 0 radical (unpaired) electrons. The molecule has 1 aromatic heterocycles. The summed E-state index contributed by atoms with van der Waals surface area (Å²) in [5.74, 6) is -1.55. The summed E-state index contributed by atoms with van der Waals surface area (Å²) in [5, 5.41) is 2.62. The molecule has 4 rings (SSSR count). The van der Waals surface area contributed by atoms with Crippen LogP contribution >= 0.6 is 7.75 Å². The van der Waals surface area contributed by atoms with E-state index in [1.165, 1.54) is 6.92 Å². The molecule has 2 heterocycles. The lowest BCUT2D eigenvalue weighted by Gasteiger charge is -2.26. The second kappa shape index (κ2) is 13.5. The Labute approximate surface area is 224 Å². The molecule has 2 aliphatic rings. The molecule has 0 bridgehead atoms. The number of H-pyrrole nitrogens is 1. The first-order valence-corrected chi connectivity index (χ1v) is 13.6. The van der Waals surface area contributed by atoms with E-state index in [0.29, 0.717) is 0 Å². The van der Waals surface area contributed by atoms with Crippen molar-refractivity contribution in [1.29, 1.82) is 0 Å². The quantitative estimate of drug-likeness (QED) is 0.188. The van der Waals surface area contributed by atoms with E-state index in [2.05, 4.69) is 10.1 Å². The average molecular weight is 577 g/mol. The third-order valence-electron chi connectivity index (χ3n) is 5.92. The molecule has 15 heteroatoms. The van der Waals surface area contributed by atoms with Gasteiger partial charge in [0, 0.05) is 0 Å².